The summed E-state index contributed by atoms with van der Waals surface area (Å²) >= 11 is 0. The summed E-state index contributed by atoms with van der Waals surface area (Å²) in [6, 6.07) is 2.27. The molecule has 0 saturated heterocycles. The van der Waals surface area contributed by atoms with Crippen LogP contribution >= 0.6 is 0 Å². The van der Waals surface area contributed by atoms with Crippen LogP contribution < -0.4 is 4.74 Å². The Morgan fingerprint density at radius 3 is 2.35 bits per heavy atom. The van der Waals surface area contributed by atoms with Gasteiger partial charge in [-0.2, -0.15) is 0 Å². The van der Waals surface area contributed by atoms with Crippen molar-refractivity contribution in [3.05, 3.63) is 33.9 Å². The molecule has 5 nitrogen and oxygen atoms in total. The molecule has 0 saturated carbocycles. The van der Waals surface area contributed by atoms with Crippen molar-refractivity contribution in [3.63, 3.8) is 0 Å². The number of alkyl halides is 3. The molecule has 0 bridgehead atoms. The van der Waals surface area contributed by atoms with Gasteiger partial charge in [-0.25, -0.2) is 0 Å². The molecule has 1 aromatic rings. The highest BCUT2D eigenvalue weighted by molar-refractivity contribution is 5.95. The van der Waals surface area contributed by atoms with E-state index in [4.69, 9.17) is 0 Å². The molecule has 1 aromatic carbocycles. The summed E-state index contributed by atoms with van der Waals surface area (Å²) < 4.78 is 39.3. The lowest BCUT2D eigenvalue weighted by Gasteiger charge is -2.09. The number of ketones is 1. The van der Waals surface area contributed by atoms with Crippen molar-refractivity contribution < 1.29 is 27.6 Å². The van der Waals surface area contributed by atoms with Crippen LogP contribution in [0.25, 0.3) is 0 Å². The molecule has 0 radical (unpaired) electrons. The quantitative estimate of drug-likeness (QED) is 0.469. The number of halogens is 3. The fourth-order valence-electron chi connectivity index (χ4n) is 1.08. The number of nitro benzene ring substituents is 1. The summed E-state index contributed by atoms with van der Waals surface area (Å²) in [6.45, 7) is 1.08. The topological polar surface area (TPSA) is 69.4 Å². The first-order valence-electron chi connectivity index (χ1n) is 4.25. The van der Waals surface area contributed by atoms with Gasteiger partial charge in [-0.1, -0.05) is 0 Å². The van der Waals surface area contributed by atoms with Gasteiger partial charge >= 0.3 is 6.36 Å². The summed E-state index contributed by atoms with van der Waals surface area (Å²) in [5.41, 5.74) is -0.865. The first-order valence-corrected chi connectivity index (χ1v) is 4.25. The van der Waals surface area contributed by atoms with Gasteiger partial charge in [-0.05, 0) is 13.0 Å². The Kier molecular flexibility index (Phi) is 3.35. The average Bonchev–Trinajstić information content (AvgIpc) is 2.14. The summed E-state index contributed by atoms with van der Waals surface area (Å²) in [7, 11) is 0. The number of nitro groups is 1. The van der Waals surface area contributed by atoms with Crippen molar-refractivity contribution in [3.8, 4) is 5.75 Å². The standard InChI is InChI=1S/C9H6F3NO4/c1-5(14)6-2-7(13(15)16)4-8(3-6)17-9(10,11)12/h2-4H,1H3. The maximum absolute atomic E-state index is 11.9. The number of rotatable bonds is 3. The molecular weight excluding hydrogens is 243 g/mol. The molecule has 8 heteroatoms. The van der Waals surface area contributed by atoms with Crippen LogP contribution in [0.4, 0.5) is 18.9 Å². The Bertz CT molecular complexity index is 438. The van der Waals surface area contributed by atoms with Crippen molar-refractivity contribution in [1.82, 2.24) is 0 Å². The van der Waals surface area contributed by atoms with Gasteiger partial charge in [0, 0.05) is 11.6 Å². The van der Waals surface area contributed by atoms with E-state index in [0.717, 1.165) is 19.1 Å². The maximum Gasteiger partial charge on any atom is 0.573 e. The number of carbonyl (C=O) groups is 1. The van der Waals surface area contributed by atoms with Crippen LogP contribution in [-0.4, -0.2) is 17.1 Å². The van der Waals surface area contributed by atoms with Gasteiger partial charge in [0.1, 0.15) is 5.75 Å². The normalized spacial score (nSPS) is 11.1. The van der Waals surface area contributed by atoms with E-state index in [1.54, 1.807) is 0 Å². The van der Waals surface area contributed by atoms with Gasteiger partial charge in [0.05, 0.1) is 11.0 Å². The molecule has 17 heavy (non-hydrogen) atoms. The predicted molar refractivity (Wildman–Crippen MR) is 49.8 cm³/mol. The minimum Gasteiger partial charge on any atom is -0.406 e. The molecule has 0 aliphatic rings. The van der Waals surface area contributed by atoms with Crippen LogP contribution in [0.3, 0.4) is 0 Å². The molecule has 92 valence electrons. The molecule has 0 amide bonds. The zero-order valence-corrected chi connectivity index (χ0v) is 8.45. The number of non-ortho nitro benzene ring substituents is 1. The third-order valence-corrected chi connectivity index (χ3v) is 1.74. The molecule has 0 aliphatic heterocycles. The van der Waals surface area contributed by atoms with Crippen LogP contribution in [0.15, 0.2) is 18.2 Å². The van der Waals surface area contributed by atoms with E-state index >= 15 is 0 Å². The second-order valence-corrected chi connectivity index (χ2v) is 3.08. The Labute approximate surface area is 93.0 Å². The number of nitrogens with zero attached hydrogens (tertiary/aromatic N) is 1. The van der Waals surface area contributed by atoms with Gasteiger partial charge < -0.3 is 4.74 Å². The van der Waals surface area contributed by atoms with E-state index in [0.29, 0.717) is 6.07 Å². The summed E-state index contributed by atoms with van der Waals surface area (Å²) in [4.78, 5) is 20.5. The van der Waals surface area contributed by atoms with Crippen molar-refractivity contribution in [2.45, 2.75) is 13.3 Å². The fraction of sp³-hybridized carbons (Fsp3) is 0.222. The van der Waals surface area contributed by atoms with Crippen molar-refractivity contribution >= 4 is 11.5 Å². The molecule has 0 fully saturated rings. The van der Waals surface area contributed by atoms with E-state index in [9.17, 15) is 28.1 Å². The lowest BCUT2D eigenvalue weighted by molar-refractivity contribution is -0.385. The van der Waals surface area contributed by atoms with Crippen LogP contribution in [0.1, 0.15) is 17.3 Å². The summed E-state index contributed by atoms with van der Waals surface area (Å²) in [5.74, 6) is -1.39. The highest BCUT2D eigenvalue weighted by atomic mass is 19.4. The van der Waals surface area contributed by atoms with E-state index in [-0.39, 0.29) is 5.56 Å². The lowest BCUT2D eigenvalue weighted by atomic mass is 10.1. The largest absolute Gasteiger partial charge is 0.573 e. The minimum absolute atomic E-state index is 0.224. The zero-order valence-electron chi connectivity index (χ0n) is 8.45. The van der Waals surface area contributed by atoms with Crippen LogP contribution in [0.5, 0.6) is 5.75 Å². The maximum atomic E-state index is 11.9. The molecule has 0 unspecified atom stereocenters. The lowest BCUT2D eigenvalue weighted by Crippen LogP contribution is -2.17. The highest BCUT2D eigenvalue weighted by Crippen LogP contribution is 2.28. The number of ether oxygens (including phenoxy) is 1. The number of Topliss-reactive ketones (excluding diaryl/α,β-unsaturated/α-hetero) is 1. The van der Waals surface area contributed by atoms with Gasteiger partial charge in [0.25, 0.3) is 5.69 Å². The Morgan fingerprint density at radius 2 is 1.94 bits per heavy atom. The molecular formula is C9H6F3NO4. The van der Waals surface area contributed by atoms with Gasteiger partial charge in [-0.3, -0.25) is 14.9 Å². The molecule has 1 rings (SSSR count). The average molecular weight is 249 g/mol. The van der Waals surface area contributed by atoms with Gasteiger partial charge in [0.2, 0.25) is 0 Å². The molecule has 0 aromatic heterocycles. The van der Waals surface area contributed by atoms with E-state index < -0.39 is 28.5 Å². The number of carbonyl (C=O) groups excluding carboxylic acids is 1. The van der Waals surface area contributed by atoms with Crippen molar-refractivity contribution in [2.75, 3.05) is 0 Å². The van der Waals surface area contributed by atoms with Crippen molar-refractivity contribution in [2.24, 2.45) is 0 Å². The SMILES string of the molecule is CC(=O)c1cc(OC(F)(F)F)cc([N+](=O)[O-])c1. The Balaban J connectivity index is 3.22. The van der Waals surface area contributed by atoms with Crippen LogP contribution in [0, 0.1) is 10.1 Å². The highest BCUT2D eigenvalue weighted by Gasteiger charge is 2.32. The first-order chi connectivity index (χ1) is 7.69. The zero-order chi connectivity index (χ0) is 13.2. The Hall–Kier alpha value is -2.12. The second-order valence-electron chi connectivity index (χ2n) is 3.08. The van der Waals surface area contributed by atoms with Crippen LogP contribution in [0.2, 0.25) is 0 Å². The summed E-state index contributed by atoms with van der Waals surface area (Å²) in [5, 5.41) is 10.5. The Morgan fingerprint density at radius 1 is 1.35 bits per heavy atom. The van der Waals surface area contributed by atoms with E-state index in [1.165, 1.54) is 0 Å². The van der Waals surface area contributed by atoms with Crippen LogP contribution in [-0.2, 0) is 0 Å². The number of benzene rings is 1. The van der Waals surface area contributed by atoms with Gasteiger partial charge in [0.15, 0.2) is 5.78 Å². The number of hydrogen-bond acceptors (Lipinski definition) is 4. The summed E-state index contributed by atoms with van der Waals surface area (Å²) in [6.07, 6.45) is -4.97. The predicted octanol–water partition coefficient (Wildman–Crippen LogP) is 2.70. The van der Waals surface area contributed by atoms with Crippen molar-refractivity contribution in [1.29, 1.82) is 0 Å². The number of hydrogen-bond donors (Lipinski definition) is 0. The second kappa shape index (κ2) is 4.40. The van der Waals surface area contributed by atoms with E-state index in [2.05, 4.69) is 4.74 Å². The van der Waals surface area contributed by atoms with Gasteiger partial charge in [-0.15, -0.1) is 13.2 Å². The molecule has 0 atom stereocenters. The molecule has 0 spiro atoms. The third kappa shape index (κ3) is 3.74. The molecule has 0 N–H and O–H groups in total. The first kappa shape index (κ1) is 12.9. The minimum atomic E-state index is -4.97. The third-order valence-electron chi connectivity index (χ3n) is 1.74. The molecule has 0 heterocycles. The molecule has 0 aliphatic carbocycles. The van der Waals surface area contributed by atoms with E-state index in [1.807, 2.05) is 0 Å². The monoisotopic (exact) mass is 249 g/mol. The smallest absolute Gasteiger partial charge is 0.406 e. The fourth-order valence-corrected chi connectivity index (χ4v) is 1.08.